The summed E-state index contributed by atoms with van der Waals surface area (Å²) < 4.78 is 5.64. The molecule has 2 heterocycles. The number of hydrazone groups is 1. The van der Waals surface area contributed by atoms with E-state index in [1.807, 2.05) is 6.07 Å². The second kappa shape index (κ2) is 9.89. The van der Waals surface area contributed by atoms with Gasteiger partial charge in [-0.25, -0.2) is 0 Å². The maximum atomic E-state index is 6.14. The minimum Gasteiger partial charge on any atom is -0.490 e. The van der Waals surface area contributed by atoms with Crippen molar-refractivity contribution >= 4 is 46.0 Å². The number of thiocarbonyl (C=S) groups is 1. The number of piperazine rings is 1. The van der Waals surface area contributed by atoms with Gasteiger partial charge < -0.3 is 14.5 Å². The summed E-state index contributed by atoms with van der Waals surface area (Å²) in [5, 5.41) is 5.65. The Morgan fingerprint density at radius 1 is 1.34 bits per heavy atom. The molecule has 1 aromatic rings. The van der Waals surface area contributed by atoms with Gasteiger partial charge in [0.25, 0.3) is 0 Å². The predicted octanol–water partition coefficient (Wildman–Crippen LogP) is 3.90. The van der Waals surface area contributed by atoms with Crippen molar-refractivity contribution in [3.63, 3.8) is 0 Å². The van der Waals surface area contributed by atoms with Crippen molar-refractivity contribution in [3.8, 4) is 0 Å². The third-order valence-electron chi connectivity index (χ3n) is 4.90. The van der Waals surface area contributed by atoms with Gasteiger partial charge in [-0.2, -0.15) is 5.10 Å². The van der Waals surface area contributed by atoms with E-state index >= 15 is 0 Å². The molecule has 2 aliphatic rings. The molecular weight excluding hydrogens is 406 g/mol. The minimum absolute atomic E-state index is 0.341. The number of aliphatic imine (C=N–C) groups is 1. The summed E-state index contributed by atoms with van der Waals surface area (Å²) in [6, 6.07) is 10.8. The van der Waals surface area contributed by atoms with E-state index < -0.39 is 0 Å². The molecule has 0 amide bonds. The zero-order valence-corrected chi connectivity index (χ0v) is 18.3. The van der Waals surface area contributed by atoms with Gasteiger partial charge in [-0.15, -0.1) is 0 Å². The Morgan fingerprint density at radius 3 is 2.76 bits per heavy atom. The first-order chi connectivity index (χ1) is 14.0. The number of allylic oxidation sites excluding steroid dienone is 2. The van der Waals surface area contributed by atoms with Crippen LogP contribution in [0.25, 0.3) is 0 Å². The van der Waals surface area contributed by atoms with Crippen LogP contribution in [-0.2, 0) is 4.74 Å². The maximum absolute atomic E-state index is 6.14. The predicted molar refractivity (Wildman–Crippen MR) is 125 cm³/mol. The van der Waals surface area contributed by atoms with Gasteiger partial charge in [0.05, 0.1) is 17.4 Å². The number of benzene rings is 1. The van der Waals surface area contributed by atoms with E-state index in [9.17, 15) is 0 Å². The molecule has 0 bridgehead atoms. The van der Waals surface area contributed by atoms with Gasteiger partial charge in [-0.05, 0) is 38.2 Å². The van der Waals surface area contributed by atoms with Gasteiger partial charge in [0.2, 0.25) is 0 Å². The molecule has 154 valence electrons. The van der Waals surface area contributed by atoms with Crippen LogP contribution >= 0.6 is 23.8 Å². The Hall–Kier alpha value is -2.38. The first kappa shape index (κ1) is 21.3. The van der Waals surface area contributed by atoms with E-state index in [2.05, 4.69) is 63.1 Å². The molecule has 0 spiro atoms. The maximum Gasteiger partial charge on any atom is 0.189 e. The zero-order valence-electron chi connectivity index (χ0n) is 16.8. The fraction of sp³-hybridized carbons (Fsp3) is 0.381. The molecule has 2 aliphatic heterocycles. The molecular formula is C21H26ClN5OS. The number of nitrogens with zero attached hydrogens (tertiary/aromatic N) is 4. The smallest absolute Gasteiger partial charge is 0.189 e. The van der Waals surface area contributed by atoms with Crippen molar-refractivity contribution in [2.75, 3.05) is 31.1 Å². The van der Waals surface area contributed by atoms with Crippen LogP contribution < -0.4 is 10.3 Å². The lowest BCUT2D eigenvalue weighted by Crippen LogP contribution is -2.55. The number of ether oxygens (including phenoxy) is 1. The molecule has 8 heteroatoms. The lowest BCUT2D eigenvalue weighted by atomic mass is 10.1. The summed E-state index contributed by atoms with van der Waals surface area (Å²) in [5.41, 5.74) is 5.62. The lowest BCUT2D eigenvalue weighted by molar-refractivity contribution is 0.234. The highest BCUT2D eigenvalue weighted by atomic mass is 35.5. The van der Waals surface area contributed by atoms with Crippen molar-refractivity contribution < 1.29 is 4.74 Å². The largest absolute Gasteiger partial charge is 0.490 e. The van der Waals surface area contributed by atoms with Gasteiger partial charge in [-0.3, -0.25) is 10.4 Å². The van der Waals surface area contributed by atoms with Crippen LogP contribution in [0.3, 0.4) is 0 Å². The molecule has 0 radical (unpaired) electrons. The van der Waals surface area contributed by atoms with Crippen LogP contribution in [0.15, 0.2) is 64.0 Å². The van der Waals surface area contributed by atoms with E-state index in [0.29, 0.717) is 40.7 Å². The summed E-state index contributed by atoms with van der Waals surface area (Å²) in [4.78, 5) is 8.84. The molecule has 29 heavy (non-hydrogen) atoms. The van der Waals surface area contributed by atoms with Gasteiger partial charge in [-0.1, -0.05) is 36.4 Å². The topological polar surface area (TPSA) is 52.5 Å². The van der Waals surface area contributed by atoms with Crippen molar-refractivity contribution in [2.24, 2.45) is 10.1 Å². The van der Waals surface area contributed by atoms with Crippen molar-refractivity contribution in [1.82, 2.24) is 10.3 Å². The molecule has 6 nitrogen and oxygen atoms in total. The highest BCUT2D eigenvalue weighted by molar-refractivity contribution is 7.80. The number of hydrogen-bond acceptors (Lipinski definition) is 5. The SMILES string of the molecule is C=C/N=C1C(=N\NC(=S)N2CCN(c3ccccc3)C(C)C2)/CCOC/1=C(/C)Cl. The summed E-state index contributed by atoms with van der Waals surface area (Å²) >= 11 is 11.7. The monoisotopic (exact) mass is 431 g/mol. The van der Waals surface area contributed by atoms with E-state index in [1.165, 1.54) is 11.9 Å². The van der Waals surface area contributed by atoms with E-state index in [-0.39, 0.29) is 0 Å². The molecule has 1 aromatic carbocycles. The number of hydrogen-bond donors (Lipinski definition) is 1. The summed E-state index contributed by atoms with van der Waals surface area (Å²) in [6.45, 7) is 10.7. The number of halogens is 1. The number of anilines is 1. The second-order valence-corrected chi connectivity index (χ2v) is 7.87. The second-order valence-electron chi connectivity index (χ2n) is 6.92. The summed E-state index contributed by atoms with van der Waals surface area (Å²) in [7, 11) is 0. The van der Waals surface area contributed by atoms with Crippen molar-refractivity contribution in [3.05, 3.63) is 53.9 Å². The first-order valence-electron chi connectivity index (χ1n) is 9.63. The molecule has 1 atom stereocenters. The Kier molecular flexibility index (Phi) is 7.28. The van der Waals surface area contributed by atoms with Crippen molar-refractivity contribution in [2.45, 2.75) is 26.3 Å². The third kappa shape index (κ3) is 5.16. The fourth-order valence-corrected chi connectivity index (χ4v) is 3.85. The van der Waals surface area contributed by atoms with Gasteiger partial charge in [0, 0.05) is 44.0 Å². The quantitative estimate of drug-likeness (QED) is 0.581. The van der Waals surface area contributed by atoms with E-state index in [4.69, 9.17) is 28.6 Å². The normalized spacial score (nSPS) is 24.3. The molecule has 2 saturated heterocycles. The van der Waals surface area contributed by atoms with Gasteiger partial charge >= 0.3 is 0 Å². The summed E-state index contributed by atoms with van der Waals surface area (Å²) in [5.74, 6) is 0.536. The average molecular weight is 432 g/mol. The molecule has 0 saturated carbocycles. The molecule has 1 unspecified atom stereocenters. The van der Waals surface area contributed by atoms with Crippen LogP contribution in [0.2, 0.25) is 0 Å². The number of para-hydroxylation sites is 1. The number of nitrogens with one attached hydrogen (secondary N) is 1. The minimum atomic E-state index is 0.341. The Morgan fingerprint density at radius 2 is 2.10 bits per heavy atom. The van der Waals surface area contributed by atoms with Crippen molar-refractivity contribution in [1.29, 1.82) is 0 Å². The molecule has 2 fully saturated rings. The van der Waals surface area contributed by atoms with E-state index in [1.54, 1.807) is 6.92 Å². The van der Waals surface area contributed by atoms with Gasteiger partial charge in [0.15, 0.2) is 10.9 Å². The third-order valence-corrected chi connectivity index (χ3v) is 5.42. The molecule has 0 aliphatic carbocycles. The standard InChI is InChI=1S/C21H26ClN5OS/c1-4-23-19-18(10-13-28-20(19)16(3)22)24-25-21(29)26-11-12-27(15(2)14-26)17-8-6-5-7-9-17/h4-9,15H,1,10-14H2,2-3H3,(H,25,29)/b20-16-,23-19-,24-18-. The van der Waals surface area contributed by atoms with Crippen LogP contribution in [-0.4, -0.2) is 53.7 Å². The average Bonchev–Trinajstić information content (AvgIpc) is 2.73. The molecule has 3 rings (SSSR count). The molecule has 1 N–H and O–H groups in total. The lowest BCUT2D eigenvalue weighted by Gasteiger charge is -2.42. The van der Waals surface area contributed by atoms with E-state index in [0.717, 1.165) is 25.3 Å². The Bertz CT molecular complexity index is 848. The zero-order chi connectivity index (χ0) is 20.8. The first-order valence-corrected chi connectivity index (χ1v) is 10.4. The van der Waals surface area contributed by atoms with Gasteiger partial charge in [0.1, 0.15) is 5.71 Å². The fourth-order valence-electron chi connectivity index (χ4n) is 3.49. The van der Waals surface area contributed by atoms with Crippen LogP contribution in [0.5, 0.6) is 0 Å². The number of rotatable bonds is 3. The Labute approximate surface area is 182 Å². The Balaban J connectivity index is 1.65. The van der Waals surface area contributed by atoms with Crippen LogP contribution in [0.4, 0.5) is 5.69 Å². The highest BCUT2D eigenvalue weighted by Crippen LogP contribution is 2.21. The molecule has 0 aromatic heterocycles. The van der Waals surface area contributed by atoms with Crippen LogP contribution in [0.1, 0.15) is 20.3 Å². The summed E-state index contributed by atoms with van der Waals surface area (Å²) in [6.07, 6.45) is 2.08. The van der Waals surface area contributed by atoms with Crippen LogP contribution in [0, 0.1) is 0 Å². The highest BCUT2D eigenvalue weighted by Gasteiger charge is 2.26.